The summed E-state index contributed by atoms with van der Waals surface area (Å²) < 4.78 is 44.9. The quantitative estimate of drug-likeness (QED) is 0.751. The number of halogens is 3. The van der Waals surface area contributed by atoms with Crippen molar-refractivity contribution in [3.8, 4) is 0 Å². The Morgan fingerprint density at radius 2 is 1.83 bits per heavy atom. The van der Waals surface area contributed by atoms with Gasteiger partial charge in [0.2, 0.25) is 5.91 Å². The second-order valence-electron chi connectivity index (χ2n) is 8.32. The van der Waals surface area contributed by atoms with Gasteiger partial charge < -0.3 is 15.0 Å². The maximum atomic E-state index is 13.1. The lowest BCUT2D eigenvalue weighted by Gasteiger charge is -2.45. The largest absolute Gasteiger partial charge is 0.437 e. The highest BCUT2D eigenvalue weighted by Crippen LogP contribution is 2.49. The molecule has 6 nitrogen and oxygen atoms in total. The third-order valence-electron chi connectivity index (χ3n) is 6.14. The van der Waals surface area contributed by atoms with Crippen LogP contribution in [0.3, 0.4) is 0 Å². The first-order valence-corrected chi connectivity index (χ1v) is 9.96. The lowest BCUT2D eigenvalue weighted by Crippen LogP contribution is -2.65. The predicted octanol–water partition coefficient (Wildman–Crippen LogP) is 3.15. The number of ether oxygens (including phenoxy) is 1. The number of piperidine rings is 1. The van der Waals surface area contributed by atoms with Crippen LogP contribution in [-0.2, 0) is 16.1 Å². The molecule has 1 aromatic rings. The highest BCUT2D eigenvalue weighted by atomic mass is 19.4. The number of amides is 1. The molecule has 3 aliphatic heterocycles. The number of alkyl halides is 3. The summed E-state index contributed by atoms with van der Waals surface area (Å²) >= 11 is 0. The maximum Gasteiger partial charge on any atom is 0.437 e. The summed E-state index contributed by atoms with van der Waals surface area (Å²) in [6.07, 6.45) is -3.44. The maximum absolute atomic E-state index is 13.1. The van der Waals surface area contributed by atoms with Crippen LogP contribution in [0, 0.1) is 11.3 Å². The Kier molecular flexibility index (Phi) is 5.37. The van der Waals surface area contributed by atoms with Gasteiger partial charge in [-0.1, -0.05) is 30.3 Å². The van der Waals surface area contributed by atoms with Gasteiger partial charge in [0, 0.05) is 32.6 Å². The molecule has 1 amide bonds. The van der Waals surface area contributed by atoms with E-state index in [-0.39, 0.29) is 18.2 Å². The summed E-state index contributed by atoms with van der Waals surface area (Å²) in [5.41, 5.74) is -1.71. The second-order valence-corrected chi connectivity index (χ2v) is 8.32. The molecule has 3 heterocycles. The molecular weight excluding hydrogens is 385 g/mol. The molecule has 0 atom stereocenters. The molecule has 0 aliphatic carbocycles. The van der Waals surface area contributed by atoms with E-state index in [4.69, 9.17) is 4.74 Å². The smallest absolute Gasteiger partial charge is 0.376 e. The molecule has 3 aliphatic rings. The van der Waals surface area contributed by atoms with Gasteiger partial charge in [-0.05, 0) is 24.3 Å². The number of hydrogen-bond acceptors (Lipinski definition) is 5. The van der Waals surface area contributed by atoms with Crippen molar-refractivity contribution < 1.29 is 22.7 Å². The topological polar surface area (TPSA) is 66.3 Å². The van der Waals surface area contributed by atoms with Crippen LogP contribution in [0.1, 0.15) is 24.8 Å². The van der Waals surface area contributed by atoms with Gasteiger partial charge in [-0.3, -0.25) is 4.79 Å². The molecule has 0 aromatic heterocycles. The van der Waals surface area contributed by atoms with E-state index in [1.807, 2.05) is 30.3 Å². The second kappa shape index (κ2) is 7.68. The van der Waals surface area contributed by atoms with Gasteiger partial charge in [0.1, 0.15) is 0 Å². The van der Waals surface area contributed by atoms with Gasteiger partial charge in [0.05, 0.1) is 18.6 Å². The summed E-state index contributed by atoms with van der Waals surface area (Å²) in [4.78, 5) is 14.9. The van der Waals surface area contributed by atoms with Gasteiger partial charge >= 0.3 is 6.18 Å². The first-order chi connectivity index (χ1) is 13.8. The fraction of sp³-hybridized carbons (Fsp3) is 0.650. The summed E-state index contributed by atoms with van der Waals surface area (Å²) in [7, 11) is 0. The van der Waals surface area contributed by atoms with Crippen molar-refractivity contribution in [2.75, 3.05) is 32.8 Å². The predicted molar refractivity (Wildman–Crippen MR) is 99.0 cm³/mol. The van der Waals surface area contributed by atoms with Crippen LogP contribution in [0.5, 0.6) is 0 Å². The highest BCUT2D eigenvalue weighted by Gasteiger charge is 2.64. The third kappa shape index (κ3) is 4.16. The summed E-state index contributed by atoms with van der Waals surface area (Å²) in [5, 5.41) is 9.69. The minimum atomic E-state index is -4.42. The number of likely N-dealkylation sites (tertiary alicyclic amines) is 1. The number of rotatable bonds is 7. The average Bonchev–Trinajstić information content (AvgIpc) is 3.46. The number of carbonyl (C=O) groups excluding carboxylic acids is 1. The molecule has 1 aromatic carbocycles. The molecule has 0 unspecified atom stereocenters. The molecule has 29 heavy (non-hydrogen) atoms. The molecule has 4 rings (SSSR count). The monoisotopic (exact) mass is 410 g/mol. The fourth-order valence-electron chi connectivity index (χ4n) is 4.13. The van der Waals surface area contributed by atoms with Crippen molar-refractivity contribution in [3.05, 3.63) is 35.9 Å². The molecular formula is C20H25F3N4O2. The summed E-state index contributed by atoms with van der Waals surface area (Å²) in [6.45, 7) is 2.85. The number of nitrogens with one attached hydrogen (secondary N) is 1. The summed E-state index contributed by atoms with van der Waals surface area (Å²) in [5.74, 6) is -0.0884. The van der Waals surface area contributed by atoms with Crippen LogP contribution in [0.4, 0.5) is 13.2 Å². The van der Waals surface area contributed by atoms with Crippen LogP contribution in [-0.4, -0.2) is 55.4 Å². The van der Waals surface area contributed by atoms with E-state index in [0.29, 0.717) is 52.2 Å². The standard InChI is InChI=1S/C20H25F3N4O2/c21-20(22,23)19(25-26-19)10-15-6-8-27(9-7-15)17(28)18(12-24-13-18)14-29-11-16-4-2-1-3-5-16/h1-5,15,24H,6-14H2. The SMILES string of the molecule is O=C(N1CCC(CC2(C(F)(F)F)N=N2)CC1)C1(COCc2ccccc2)CNC1. The number of hydrogen-bond donors (Lipinski definition) is 1. The molecule has 0 spiro atoms. The van der Waals surface area contributed by atoms with Crippen molar-refractivity contribution in [3.63, 3.8) is 0 Å². The Balaban J connectivity index is 1.27. The zero-order valence-corrected chi connectivity index (χ0v) is 16.1. The minimum Gasteiger partial charge on any atom is -0.376 e. The van der Waals surface area contributed by atoms with Crippen molar-refractivity contribution in [1.29, 1.82) is 0 Å². The number of nitrogens with zero attached hydrogens (tertiary/aromatic N) is 3. The van der Waals surface area contributed by atoms with Crippen molar-refractivity contribution >= 4 is 5.91 Å². The van der Waals surface area contributed by atoms with Crippen molar-refractivity contribution in [2.24, 2.45) is 21.6 Å². The van der Waals surface area contributed by atoms with Gasteiger partial charge in [-0.15, -0.1) is 10.2 Å². The first kappa shape index (κ1) is 20.3. The molecule has 0 bridgehead atoms. The molecule has 1 N–H and O–H groups in total. The minimum absolute atomic E-state index is 0.0362. The Morgan fingerprint density at radius 3 is 2.34 bits per heavy atom. The Labute approximate surface area is 167 Å². The van der Waals surface area contributed by atoms with Crippen LogP contribution < -0.4 is 5.32 Å². The Hall–Kier alpha value is -2.00. The van der Waals surface area contributed by atoms with Gasteiger partial charge in [-0.2, -0.15) is 13.2 Å². The molecule has 2 fully saturated rings. The van der Waals surface area contributed by atoms with E-state index < -0.39 is 17.3 Å². The zero-order valence-electron chi connectivity index (χ0n) is 16.1. The van der Waals surface area contributed by atoms with E-state index in [9.17, 15) is 18.0 Å². The molecule has 0 saturated carbocycles. The highest BCUT2D eigenvalue weighted by molar-refractivity contribution is 5.84. The van der Waals surface area contributed by atoms with Crippen LogP contribution in [0.25, 0.3) is 0 Å². The van der Waals surface area contributed by atoms with Gasteiger partial charge in [-0.25, -0.2) is 0 Å². The molecule has 9 heteroatoms. The van der Waals surface area contributed by atoms with Gasteiger partial charge in [0.25, 0.3) is 5.66 Å². The zero-order chi connectivity index (χ0) is 20.5. The summed E-state index contributed by atoms with van der Waals surface area (Å²) in [6, 6.07) is 9.78. The molecule has 0 radical (unpaired) electrons. The van der Waals surface area contributed by atoms with Crippen molar-refractivity contribution in [1.82, 2.24) is 10.2 Å². The Morgan fingerprint density at radius 1 is 1.17 bits per heavy atom. The van der Waals surface area contributed by atoms with E-state index >= 15 is 0 Å². The third-order valence-corrected chi connectivity index (χ3v) is 6.14. The van der Waals surface area contributed by atoms with E-state index in [1.54, 1.807) is 4.90 Å². The lowest BCUT2D eigenvalue weighted by molar-refractivity contribution is -0.169. The fourth-order valence-corrected chi connectivity index (χ4v) is 4.13. The first-order valence-electron chi connectivity index (χ1n) is 9.96. The van der Waals surface area contributed by atoms with E-state index in [2.05, 4.69) is 15.5 Å². The van der Waals surface area contributed by atoms with E-state index in [0.717, 1.165) is 5.56 Å². The normalized spacial score (nSPS) is 22.9. The van der Waals surface area contributed by atoms with Gasteiger partial charge in [0.15, 0.2) is 0 Å². The average molecular weight is 410 g/mol. The van der Waals surface area contributed by atoms with Crippen LogP contribution >= 0.6 is 0 Å². The Bertz CT molecular complexity index is 751. The lowest BCUT2D eigenvalue weighted by atomic mass is 9.79. The molecule has 2 saturated heterocycles. The van der Waals surface area contributed by atoms with E-state index in [1.165, 1.54) is 0 Å². The van der Waals surface area contributed by atoms with Crippen molar-refractivity contribution in [2.45, 2.75) is 37.7 Å². The number of carbonyl (C=O) groups is 1. The molecule has 158 valence electrons. The number of benzene rings is 1. The van der Waals surface area contributed by atoms with Crippen LogP contribution in [0.15, 0.2) is 40.6 Å². The van der Waals surface area contributed by atoms with Crippen LogP contribution in [0.2, 0.25) is 0 Å².